The summed E-state index contributed by atoms with van der Waals surface area (Å²) in [5.41, 5.74) is 0.340. The number of rotatable bonds is 10. The second kappa shape index (κ2) is 10.1. The molecule has 1 atom stereocenters. The second-order valence-corrected chi connectivity index (χ2v) is 7.85. The highest BCUT2D eigenvalue weighted by atomic mass is 16.5. The first kappa shape index (κ1) is 21.0. The van der Waals surface area contributed by atoms with E-state index in [9.17, 15) is 4.79 Å². The van der Waals surface area contributed by atoms with Crippen molar-refractivity contribution in [3.8, 4) is 0 Å². The number of amides is 1. The number of likely N-dealkylation sites (tertiary alicyclic amines) is 1. The van der Waals surface area contributed by atoms with E-state index in [4.69, 9.17) is 4.74 Å². The fraction of sp³-hybridized carbons (Fsp3) is 0.895. The van der Waals surface area contributed by atoms with Gasteiger partial charge < -0.3 is 20.3 Å². The molecule has 1 aliphatic carbocycles. The smallest absolute Gasteiger partial charge is 0.243 e. The Bertz CT molecular complexity index is 477. The molecule has 26 heavy (non-hydrogen) atoms. The number of aliphatic imine (C=N–C) groups is 1. The van der Waals surface area contributed by atoms with E-state index in [2.05, 4.69) is 27.4 Å². The lowest BCUT2D eigenvalue weighted by Gasteiger charge is -2.25. The Morgan fingerprint density at radius 2 is 2.12 bits per heavy atom. The molecule has 1 saturated carbocycles. The number of carbonyl (C=O) groups is 1. The molecule has 1 amide bonds. The molecule has 1 heterocycles. The predicted octanol–water partition coefficient (Wildman–Crippen LogP) is 0.911. The van der Waals surface area contributed by atoms with E-state index in [1.807, 2.05) is 0 Å². The van der Waals surface area contributed by atoms with Crippen LogP contribution in [0.4, 0.5) is 0 Å². The Morgan fingerprint density at radius 3 is 2.73 bits per heavy atom. The van der Waals surface area contributed by atoms with Crippen molar-refractivity contribution < 1.29 is 9.53 Å². The Balaban J connectivity index is 1.88. The number of nitrogens with one attached hydrogen (secondary N) is 2. The van der Waals surface area contributed by atoms with Gasteiger partial charge in [-0.1, -0.05) is 6.92 Å². The standard InChI is InChI=1S/C19H37N5O2/c1-5-24-11-6-7-16(24)13-20-18(21-14-17(25)23(2)3)22-15-19(8-9-19)10-12-26-4/h16H,5-15H2,1-4H3,(H2,20,21,22). The summed E-state index contributed by atoms with van der Waals surface area (Å²) in [6.45, 7) is 7.23. The molecule has 150 valence electrons. The summed E-state index contributed by atoms with van der Waals surface area (Å²) in [6, 6.07) is 0.555. The van der Waals surface area contributed by atoms with Crippen molar-refractivity contribution in [3.05, 3.63) is 0 Å². The summed E-state index contributed by atoms with van der Waals surface area (Å²) < 4.78 is 5.24. The number of ether oxygens (including phenoxy) is 1. The van der Waals surface area contributed by atoms with Gasteiger partial charge in [-0.3, -0.25) is 9.69 Å². The van der Waals surface area contributed by atoms with Gasteiger partial charge in [-0.2, -0.15) is 0 Å². The Hall–Kier alpha value is -1.34. The molecule has 0 spiro atoms. The first-order chi connectivity index (χ1) is 12.5. The van der Waals surface area contributed by atoms with Crippen molar-refractivity contribution >= 4 is 11.9 Å². The fourth-order valence-corrected chi connectivity index (χ4v) is 3.50. The number of hydrogen-bond acceptors (Lipinski definition) is 4. The number of hydrogen-bond donors (Lipinski definition) is 2. The van der Waals surface area contributed by atoms with Gasteiger partial charge in [0.1, 0.15) is 6.54 Å². The zero-order valence-corrected chi connectivity index (χ0v) is 17.0. The highest BCUT2D eigenvalue weighted by molar-refractivity contribution is 5.84. The molecule has 1 aliphatic heterocycles. The predicted molar refractivity (Wildman–Crippen MR) is 105 cm³/mol. The maximum absolute atomic E-state index is 11.9. The molecule has 2 rings (SSSR count). The first-order valence-corrected chi connectivity index (χ1v) is 9.95. The van der Waals surface area contributed by atoms with Crippen LogP contribution in [0.1, 0.15) is 39.0 Å². The van der Waals surface area contributed by atoms with Crippen LogP contribution in [0.25, 0.3) is 0 Å². The van der Waals surface area contributed by atoms with Crippen LogP contribution in [0.5, 0.6) is 0 Å². The number of nitrogens with zero attached hydrogens (tertiary/aromatic N) is 3. The summed E-state index contributed by atoms with van der Waals surface area (Å²) in [5.74, 6) is 0.773. The second-order valence-electron chi connectivity index (χ2n) is 7.85. The summed E-state index contributed by atoms with van der Waals surface area (Å²) in [7, 11) is 5.28. The van der Waals surface area contributed by atoms with Crippen LogP contribution in [-0.2, 0) is 9.53 Å². The van der Waals surface area contributed by atoms with Gasteiger partial charge >= 0.3 is 0 Å². The molecule has 1 saturated heterocycles. The van der Waals surface area contributed by atoms with Crippen LogP contribution in [0.3, 0.4) is 0 Å². The van der Waals surface area contributed by atoms with Gasteiger partial charge in [0.25, 0.3) is 0 Å². The van der Waals surface area contributed by atoms with E-state index in [1.165, 1.54) is 32.2 Å². The minimum absolute atomic E-state index is 0.0164. The van der Waals surface area contributed by atoms with Crippen molar-refractivity contribution in [2.75, 3.05) is 60.5 Å². The first-order valence-electron chi connectivity index (χ1n) is 9.95. The number of methoxy groups -OCH3 is 1. The third-order valence-electron chi connectivity index (χ3n) is 5.71. The summed E-state index contributed by atoms with van der Waals surface area (Å²) in [4.78, 5) is 20.5. The molecule has 2 fully saturated rings. The van der Waals surface area contributed by atoms with E-state index >= 15 is 0 Å². The van der Waals surface area contributed by atoms with Crippen molar-refractivity contribution in [2.24, 2.45) is 10.4 Å². The lowest BCUT2D eigenvalue weighted by atomic mass is 10.0. The molecule has 0 aromatic rings. The summed E-state index contributed by atoms with van der Waals surface area (Å²) >= 11 is 0. The molecule has 0 aromatic heterocycles. The zero-order valence-electron chi connectivity index (χ0n) is 17.0. The van der Waals surface area contributed by atoms with Gasteiger partial charge in [-0.25, -0.2) is 4.99 Å². The minimum atomic E-state index is 0.0164. The maximum atomic E-state index is 11.9. The largest absolute Gasteiger partial charge is 0.385 e. The molecule has 0 bridgehead atoms. The molecular formula is C19H37N5O2. The quantitative estimate of drug-likeness (QED) is 0.444. The Morgan fingerprint density at radius 1 is 1.35 bits per heavy atom. The molecular weight excluding hydrogens is 330 g/mol. The van der Waals surface area contributed by atoms with Crippen molar-refractivity contribution in [1.82, 2.24) is 20.4 Å². The van der Waals surface area contributed by atoms with Crippen LogP contribution >= 0.6 is 0 Å². The SMILES string of the molecule is CCN1CCCC1CNC(=NCC(=O)N(C)C)NCC1(CCOC)CC1. The number of carbonyl (C=O) groups excluding carboxylic acids is 1. The summed E-state index contributed by atoms with van der Waals surface area (Å²) in [5, 5.41) is 6.95. The molecule has 7 heteroatoms. The highest BCUT2D eigenvalue weighted by Gasteiger charge is 2.42. The van der Waals surface area contributed by atoms with Crippen LogP contribution in [-0.4, -0.2) is 88.2 Å². The van der Waals surface area contributed by atoms with Gasteiger partial charge in [0, 0.05) is 46.9 Å². The fourth-order valence-electron chi connectivity index (χ4n) is 3.50. The molecule has 1 unspecified atom stereocenters. The van der Waals surface area contributed by atoms with E-state index in [0.29, 0.717) is 11.5 Å². The molecule has 2 N–H and O–H groups in total. The molecule has 2 aliphatic rings. The van der Waals surface area contributed by atoms with Crippen LogP contribution in [0.2, 0.25) is 0 Å². The molecule has 0 radical (unpaired) electrons. The van der Waals surface area contributed by atoms with E-state index in [0.717, 1.165) is 38.6 Å². The average molecular weight is 368 g/mol. The third-order valence-corrected chi connectivity index (χ3v) is 5.71. The van der Waals surface area contributed by atoms with Crippen LogP contribution in [0, 0.1) is 5.41 Å². The van der Waals surface area contributed by atoms with Gasteiger partial charge in [-0.05, 0) is 50.6 Å². The Kier molecular flexibility index (Phi) is 8.15. The van der Waals surface area contributed by atoms with Crippen LogP contribution in [0.15, 0.2) is 4.99 Å². The van der Waals surface area contributed by atoms with Gasteiger partial charge in [-0.15, -0.1) is 0 Å². The van der Waals surface area contributed by atoms with E-state index in [-0.39, 0.29) is 12.5 Å². The number of guanidine groups is 1. The Labute approximate surface area is 158 Å². The maximum Gasteiger partial charge on any atom is 0.243 e. The topological polar surface area (TPSA) is 69.2 Å². The summed E-state index contributed by atoms with van der Waals surface area (Å²) in [6.07, 6.45) is 6.04. The van der Waals surface area contributed by atoms with Gasteiger partial charge in [0.05, 0.1) is 0 Å². The van der Waals surface area contributed by atoms with Crippen LogP contribution < -0.4 is 10.6 Å². The van der Waals surface area contributed by atoms with Crippen molar-refractivity contribution in [3.63, 3.8) is 0 Å². The monoisotopic (exact) mass is 367 g/mol. The van der Waals surface area contributed by atoms with E-state index in [1.54, 1.807) is 26.1 Å². The van der Waals surface area contributed by atoms with Gasteiger partial charge in [0.2, 0.25) is 5.91 Å². The normalized spacial score (nSPS) is 22.3. The number of likely N-dealkylation sites (N-methyl/N-ethyl adjacent to an activating group) is 2. The average Bonchev–Trinajstić information content (AvgIpc) is 3.26. The lowest BCUT2D eigenvalue weighted by Crippen LogP contribution is -2.46. The van der Waals surface area contributed by atoms with Crippen molar-refractivity contribution in [1.29, 1.82) is 0 Å². The minimum Gasteiger partial charge on any atom is -0.385 e. The zero-order chi connectivity index (χ0) is 19.0. The lowest BCUT2D eigenvalue weighted by molar-refractivity contribution is -0.127. The van der Waals surface area contributed by atoms with Gasteiger partial charge in [0.15, 0.2) is 5.96 Å². The molecule has 0 aromatic carbocycles. The van der Waals surface area contributed by atoms with E-state index < -0.39 is 0 Å². The highest BCUT2D eigenvalue weighted by Crippen LogP contribution is 2.48. The molecule has 7 nitrogen and oxygen atoms in total. The van der Waals surface area contributed by atoms with Crippen molar-refractivity contribution in [2.45, 2.75) is 45.1 Å². The third kappa shape index (κ3) is 6.43.